The highest BCUT2D eigenvalue weighted by Gasteiger charge is 2.35. The number of aryl methyl sites for hydroxylation is 2. The minimum atomic E-state index is 0.448. The number of hydrogen-bond acceptors (Lipinski definition) is 6. The van der Waals surface area contributed by atoms with Crippen molar-refractivity contribution in [2.24, 2.45) is 0 Å². The van der Waals surface area contributed by atoms with Gasteiger partial charge in [0.1, 0.15) is 17.5 Å². The molecule has 0 radical (unpaired) electrons. The molecular formula is C27H41N7. The number of aromatic nitrogens is 4. The number of H-pyrrole nitrogens is 1. The highest BCUT2D eigenvalue weighted by Crippen LogP contribution is 2.38. The molecule has 7 heteroatoms. The number of fused-ring (bicyclic) bond motifs is 1. The third kappa shape index (κ3) is 6.02. The van der Waals surface area contributed by atoms with Gasteiger partial charge in [0.05, 0.1) is 5.69 Å². The Morgan fingerprint density at radius 2 is 1.88 bits per heavy atom. The van der Waals surface area contributed by atoms with E-state index < -0.39 is 0 Å². The maximum absolute atomic E-state index is 4.83. The molecule has 1 aliphatic carbocycles. The summed E-state index contributed by atoms with van der Waals surface area (Å²) in [5.41, 5.74) is 5.38. The monoisotopic (exact) mass is 463 g/mol. The third-order valence-electron chi connectivity index (χ3n) is 6.39. The molecule has 2 aliphatic heterocycles. The molecule has 1 saturated heterocycles. The van der Waals surface area contributed by atoms with Gasteiger partial charge in [-0.3, -0.25) is 4.90 Å². The van der Waals surface area contributed by atoms with E-state index in [1.165, 1.54) is 28.8 Å². The number of nitrogens with zero attached hydrogens (tertiary/aromatic N) is 5. The van der Waals surface area contributed by atoms with Gasteiger partial charge in [0, 0.05) is 63.3 Å². The summed E-state index contributed by atoms with van der Waals surface area (Å²) in [5, 5.41) is 3.43. The number of nitrogens with one attached hydrogen (secondary N) is 2. The predicted molar refractivity (Wildman–Crippen MR) is 141 cm³/mol. The van der Waals surface area contributed by atoms with Gasteiger partial charge < -0.3 is 15.2 Å². The molecule has 0 amide bonds. The molecule has 2 aromatic heterocycles. The van der Waals surface area contributed by atoms with Crippen molar-refractivity contribution in [3.63, 3.8) is 0 Å². The lowest BCUT2D eigenvalue weighted by Crippen LogP contribution is -2.44. The van der Waals surface area contributed by atoms with Crippen molar-refractivity contribution in [1.29, 1.82) is 0 Å². The summed E-state index contributed by atoms with van der Waals surface area (Å²) in [4.78, 5) is 21.4. The van der Waals surface area contributed by atoms with Crippen molar-refractivity contribution < 1.29 is 0 Å². The second kappa shape index (κ2) is 12.6. The number of allylic oxidation sites excluding steroid dienone is 3. The number of anilines is 1. The van der Waals surface area contributed by atoms with Gasteiger partial charge in [-0.25, -0.2) is 15.0 Å². The molecule has 34 heavy (non-hydrogen) atoms. The first kappa shape index (κ1) is 25.8. The Morgan fingerprint density at radius 3 is 2.47 bits per heavy atom. The van der Waals surface area contributed by atoms with Gasteiger partial charge >= 0.3 is 0 Å². The Bertz CT molecular complexity index is 985. The van der Waals surface area contributed by atoms with Crippen LogP contribution in [0.4, 0.5) is 5.82 Å². The zero-order valence-electron chi connectivity index (χ0n) is 21.6. The van der Waals surface area contributed by atoms with Crippen LogP contribution >= 0.6 is 0 Å². The van der Waals surface area contributed by atoms with Crippen molar-refractivity contribution in [1.82, 2.24) is 30.2 Å². The molecule has 2 N–H and O–H groups in total. The second-order valence-electron chi connectivity index (χ2n) is 8.58. The summed E-state index contributed by atoms with van der Waals surface area (Å²) in [6.45, 7) is 20.1. The lowest BCUT2D eigenvalue weighted by molar-refractivity contribution is 0.225. The first-order chi connectivity index (χ1) is 16.6. The summed E-state index contributed by atoms with van der Waals surface area (Å²) < 4.78 is 0. The normalized spacial score (nSPS) is 20.0. The zero-order chi connectivity index (χ0) is 24.5. The van der Waals surface area contributed by atoms with E-state index in [9.17, 15) is 0 Å². The van der Waals surface area contributed by atoms with Crippen molar-refractivity contribution >= 4 is 5.82 Å². The van der Waals surface area contributed by atoms with E-state index in [-0.39, 0.29) is 0 Å². The smallest absolute Gasteiger partial charge is 0.137 e. The molecule has 0 saturated carbocycles. The molecule has 4 heterocycles. The Labute approximate surface area is 205 Å². The average molecular weight is 464 g/mol. The molecule has 184 valence electrons. The molecule has 3 aliphatic rings. The minimum Gasteiger partial charge on any atom is -0.354 e. The standard InChI is InChI=1S/C21H29N5.C4H6N2.C2H6/c1-4-6-16-7-8-20(17(16)5-2)26-13-18-19(14-26)23-15(3)24-21(18)25-11-9-22-10-12-25;1-4-5-2-3-6-4;1-2/h4-6,20,22H,2,7-14H2,1,3H3;2-3H,1H3,(H,5,6);1-2H3/b6-4-;;. The molecule has 7 nitrogen and oxygen atoms in total. The average Bonchev–Trinajstić information content (AvgIpc) is 3.60. The van der Waals surface area contributed by atoms with E-state index >= 15 is 0 Å². The van der Waals surface area contributed by atoms with Crippen LogP contribution in [0.5, 0.6) is 0 Å². The van der Waals surface area contributed by atoms with Crippen molar-refractivity contribution in [3.8, 4) is 0 Å². The second-order valence-corrected chi connectivity index (χ2v) is 8.58. The van der Waals surface area contributed by atoms with Gasteiger partial charge in [0.2, 0.25) is 0 Å². The van der Waals surface area contributed by atoms with Crippen LogP contribution in [0.3, 0.4) is 0 Å². The number of rotatable bonds is 4. The number of imidazole rings is 1. The maximum atomic E-state index is 4.83. The van der Waals surface area contributed by atoms with E-state index in [0.717, 1.165) is 63.2 Å². The van der Waals surface area contributed by atoms with Gasteiger partial charge in [0.25, 0.3) is 0 Å². The van der Waals surface area contributed by atoms with Crippen molar-refractivity contribution in [2.75, 3.05) is 31.1 Å². The molecule has 0 spiro atoms. The minimum absolute atomic E-state index is 0.448. The summed E-state index contributed by atoms with van der Waals surface area (Å²) >= 11 is 0. The first-order valence-electron chi connectivity index (χ1n) is 12.6. The van der Waals surface area contributed by atoms with Crippen molar-refractivity contribution in [2.45, 2.75) is 66.6 Å². The summed E-state index contributed by atoms with van der Waals surface area (Å²) in [5.74, 6) is 3.02. The quantitative estimate of drug-likeness (QED) is 0.697. The van der Waals surface area contributed by atoms with Crippen LogP contribution in [0, 0.1) is 13.8 Å². The van der Waals surface area contributed by atoms with Crippen molar-refractivity contribution in [3.05, 3.63) is 71.3 Å². The topological polar surface area (TPSA) is 73.0 Å². The Balaban J connectivity index is 0.000000348. The Hall–Kier alpha value is -2.77. The summed E-state index contributed by atoms with van der Waals surface area (Å²) in [7, 11) is 0. The van der Waals surface area contributed by atoms with E-state index in [0.29, 0.717) is 6.04 Å². The summed E-state index contributed by atoms with van der Waals surface area (Å²) in [6.07, 6.45) is 12.3. The van der Waals surface area contributed by atoms with Crippen LogP contribution < -0.4 is 10.2 Å². The van der Waals surface area contributed by atoms with E-state index in [4.69, 9.17) is 9.97 Å². The third-order valence-corrected chi connectivity index (χ3v) is 6.39. The van der Waals surface area contributed by atoms with Gasteiger partial charge in [0.15, 0.2) is 0 Å². The van der Waals surface area contributed by atoms with E-state index in [1.807, 2.05) is 27.7 Å². The van der Waals surface area contributed by atoms with Gasteiger partial charge in [-0.05, 0) is 44.8 Å². The molecule has 1 atom stereocenters. The molecule has 5 rings (SSSR count). The number of piperazine rings is 1. The van der Waals surface area contributed by atoms with E-state index in [2.05, 4.69) is 56.8 Å². The molecule has 0 bridgehead atoms. The van der Waals surface area contributed by atoms with Crippen LogP contribution in [0.15, 0.2) is 48.3 Å². The highest BCUT2D eigenvalue weighted by molar-refractivity contribution is 5.52. The molecule has 0 aromatic carbocycles. The zero-order valence-corrected chi connectivity index (χ0v) is 21.6. The fourth-order valence-corrected chi connectivity index (χ4v) is 4.92. The highest BCUT2D eigenvalue weighted by atomic mass is 15.3. The number of hydrogen-bond donors (Lipinski definition) is 2. The Morgan fingerprint density at radius 1 is 1.12 bits per heavy atom. The SMILES string of the molecule is C=CC1=C(/C=C\C)CCC1N1Cc2nc(C)nc(N3CCNCC3)c2C1.CC.Cc1ncc[nH]1. The van der Waals surface area contributed by atoms with Gasteiger partial charge in [-0.15, -0.1) is 0 Å². The summed E-state index contributed by atoms with van der Waals surface area (Å²) in [6, 6.07) is 0.448. The Kier molecular flexibility index (Phi) is 9.60. The predicted octanol–water partition coefficient (Wildman–Crippen LogP) is 4.48. The number of aromatic amines is 1. The fourth-order valence-electron chi connectivity index (χ4n) is 4.92. The van der Waals surface area contributed by atoms with Crippen LogP contribution in [-0.4, -0.2) is 57.1 Å². The van der Waals surface area contributed by atoms with Gasteiger partial charge in [-0.2, -0.15) is 0 Å². The largest absolute Gasteiger partial charge is 0.354 e. The molecule has 1 unspecified atom stereocenters. The van der Waals surface area contributed by atoms with Crippen LogP contribution in [0.2, 0.25) is 0 Å². The maximum Gasteiger partial charge on any atom is 0.137 e. The molecule has 2 aromatic rings. The molecule has 1 fully saturated rings. The van der Waals surface area contributed by atoms with Crippen LogP contribution in [0.1, 0.15) is 56.5 Å². The van der Waals surface area contributed by atoms with Gasteiger partial charge in [-0.1, -0.05) is 38.7 Å². The van der Waals surface area contributed by atoms with Crippen LogP contribution in [0.25, 0.3) is 0 Å². The lowest BCUT2D eigenvalue weighted by Gasteiger charge is -2.30. The molecular weight excluding hydrogens is 422 g/mol. The first-order valence-corrected chi connectivity index (χ1v) is 12.6. The lowest BCUT2D eigenvalue weighted by atomic mass is 10.1. The fraction of sp³-hybridized carbons (Fsp3) is 0.519. The van der Waals surface area contributed by atoms with E-state index in [1.54, 1.807) is 12.4 Å². The van der Waals surface area contributed by atoms with Crippen LogP contribution in [-0.2, 0) is 13.1 Å².